The van der Waals surface area contributed by atoms with Crippen LogP contribution >= 0.6 is 0 Å². The number of rotatable bonds is 2. The van der Waals surface area contributed by atoms with Gasteiger partial charge in [-0.3, -0.25) is 24.1 Å². The maximum atomic E-state index is 13.7. The van der Waals surface area contributed by atoms with E-state index in [1.54, 1.807) is 34.1 Å². The van der Waals surface area contributed by atoms with Crippen LogP contribution in [-0.2, 0) is 9.59 Å². The number of carbonyl (C=O) groups is 4. The molecule has 2 aromatic carbocycles. The van der Waals surface area contributed by atoms with Gasteiger partial charge in [-0.05, 0) is 49.3 Å². The molecule has 8 nitrogen and oxygen atoms in total. The number of anilines is 1. The molecule has 0 unspecified atom stereocenters. The standard InChI is InChI=1S/C28H28N4O4/c33-24-11-5-10-22-18-12-17(14-30(22)24)13-29(15-18)25(34)16-31-26-19-6-1-2-7-20(19)28(36)32(26)23-9-4-3-8-21(23)27(31)35/h1-4,6-9,17-18,22,26H,5,10-16H2/t17-,18+,22+,26+/m1/s1. The van der Waals surface area contributed by atoms with Crippen molar-refractivity contribution in [1.82, 2.24) is 14.7 Å². The van der Waals surface area contributed by atoms with Gasteiger partial charge in [-0.2, -0.15) is 0 Å². The first-order valence-corrected chi connectivity index (χ1v) is 12.9. The maximum Gasteiger partial charge on any atom is 0.260 e. The zero-order chi connectivity index (χ0) is 24.6. The van der Waals surface area contributed by atoms with Gasteiger partial charge in [0.1, 0.15) is 12.7 Å². The van der Waals surface area contributed by atoms with Crippen molar-refractivity contribution < 1.29 is 19.2 Å². The quantitative estimate of drug-likeness (QED) is 0.657. The molecule has 5 heterocycles. The van der Waals surface area contributed by atoms with Gasteiger partial charge in [0.05, 0.1) is 11.3 Å². The highest BCUT2D eigenvalue weighted by Crippen LogP contribution is 2.45. The van der Waals surface area contributed by atoms with Crippen LogP contribution in [0.15, 0.2) is 48.5 Å². The molecule has 7 rings (SSSR count). The second kappa shape index (κ2) is 7.91. The Morgan fingerprint density at radius 3 is 2.53 bits per heavy atom. The summed E-state index contributed by atoms with van der Waals surface area (Å²) in [5.41, 5.74) is 2.35. The Kier molecular flexibility index (Phi) is 4.75. The zero-order valence-electron chi connectivity index (χ0n) is 20.0. The van der Waals surface area contributed by atoms with Crippen LogP contribution in [0.25, 0.3) is 0 Å². The first-order chi connectivity index (χ1) is 17.5. The average molecular weight is 485 g/mol. The normalized spacial score (nSPS) is 28.5. The van der Waals surface area contributed by atoms with E-state index in [4.69, 9.17) is 0 Å². The first-order valence-electron chi connectivity index (χ1n) is 12.9. The number of carbonyl (C=O) groups excluding carboxylic acids is 4. The lowest BCUT2D eigenvalue weighted by atomic mass is 9.76. The average Bonchev–Trinajstić information content (AvgIpc) is 3.19. The van der Waals surface area contributed by atoms with Crippen molar-refractivity contribution in [2.75, 3.05) is 31.1 Å². The highest BCUT2D eigenvalue weighted by Gasteiger charge is 2.49. The van der Waals surface area contributed by atoms with Crippen molar-refractivity contribution in [3.63, 3.8) is 0 Å². The summed E-state index contributed by atoms with van der Waals surface area (Å²) in [4.78, 5) is 60.4. The van der Waals surface area contributed by atoms with E-state index < -0.39 is 6.17 Å². The molecule has 0 saturated carbocycles. The molecule has 0 radical (unpaired) electrons. The summed E-state index contributed by atoms with van der Waals surface area (Å²) >= 11 is 0. The summed E-state index contributed by atoms with van der Waals surface area (Å²) in [5, 5.41) is 0. The molecule has 8 heteroatoms. The molecule has 184 valence electrons. The minimum Gasteiger partial charge on any atom is -0.340 e. The lowest BCUT2D eigenvalue weighted by molar-refractivity contribution is -0.149. The van der Waals surface area contributed by atoms with Crippen LogP contribution < -0.4 is 4.90 Å². The van der Waals surface area contributed by atoms with Gasteiger partial charge >= 0.3 is 0 Å². The Labute approximate surface area is 209 Å². The van der Waals surface area contributed by atoms with E-state index in [1.807, 2.05) is 29.2 Å². The van der Waals surface area contributed by atoms with Crippen molar-refractivity contribution >= 4 is 29.3 Å². The summed E-state index contributed by atoms with van der Waals surface area (Å²) in [5.74, 6) is 0.337. The molecule has 0 spiro atoms. The van der Waals surface area contributed by atoms with Crippen LogP contribution in [0.5, 0.6) is 0 Å². The second-order valence-corrected chi connectivity index (χ2v) is 10.8. The molecule has 2 bridgehead atoms. The Hall–Kier alpha value is -3.68. The van der Waals surface area contributed by atoms with Crippen LogP contribution in [0.2, 0.25) is 0 Å². The van der Waals surface area contributed by atoms with Gasteiger partial charge in [0.25, 0.3) is 11.8 Å². The molecule has 4 amide bonds. The molecule has 2 aromatic rings. The summed E-state index contributed by atoms with van der Waals surface area (Å²) in [7, 11) is 0. The summed E-state index contributed by atoms with van der Waals surface area (Å²) in [6, 6.07) is 14.7. The van der Waals surface area contributed by atoms with E-state index >= 15 is 0 Å². The predicted molar refractivity (Wildman–Crippen MR) is 131 cm³/mol. The number of fused-ring (bicyclic) bond motifs is 9. The number of piperidine rings is 3. The fourth-order valence-electron chi connectivity index (χ4n) is 7.19. The number of nitrogens with zero attached hydrogens (tertiary/aromatic N) is 4. The molecule has 36 heavy (non-hydrogen) atoms. The Bertz CT molecular complexity index is 1310. The fourth-order valence-corrected chi connectivity index (χ4v) is 7.19. The van der Waals surface area contributed by atoms with Crippen molar-refractivity contribution in [3.8, 4) is 0 Å². The molecule has 0 aliphatic carbocycles. The van der Waals surface area contributed by atoms with Gasteiger partial charge in [0.15, 0.2) is 0 Å². The lowest BCUT2D eigenvalue weighted by Gasteiger charge is -2.52. The summed E-state index contributed by atoms with van der Waals surface area (Å²) < 4.78 is 0. The molecule has 0 aromatic heterocycles. The second-order valence-electron chi connectivity index (χ2n) is 10.8. The van der Waals surface area contributed by atoms with Gasteiger partial charge in [-0.25, -0.2) is 0 Å². The van der Waals surface area contributed by atoms with Crippen LogP contribution in [0, 0.1) is 11.8 Å². The first kappa shape index (κ1) is 21.6. The van der Waals surface area contributed by atoms with E-state index in [0.29, 0.717) is 36.3 Å². The molecule has 4 atom stereocenters. The van der Waals surface area contributed by atoms with E-state index in [0.717, 1.165) is 31.4 Å². The van der Waals surface area contributed by atoms with Crippen LogP contribution in [-0.4, -0.2) is 70.5 Å². The third kappa shape index (κ3) is 3.06. The Balaban J connectivity index is 1.19. The van der Waals surface area contributed by atoms with E-state index in [-0.39, 0.29) is 48.1 Å². The van der Waals surface area contributed by atoms with Gasteiger partial charge in [0, 0.05) is 43.2 Å². The highest BCUT2D eigenvalue weighted by atomic mass is 16.2. The van der Waals surface area contributed by atoms with Gasteiger partial charge in [-0.1, -0.05) is 30.3 Å². The topological polar surface area (TPSA) is 81.2 Å². The molecular weight excluding hydrogens is 456 g/mol. The molecule has 5 aliphatic heterocycles. The number of hydrogen-bond acceptors (Lipinski definition) is 4. The number of likely N-dealkylation sites (tertiary alicyclic amines) is 1. The molecule has 3 fully saturated rings. The van der Waals surface area contributed by atoms with Crippen molar-refractivity contribution in [2.45, 2.75) is 37.9 Å². The van der Waals surface area contributed by atoms with Crippen LogP contribution in [0.1, 0.15) is 58.1 Å². The van der Waals surface area contributed by atoms with Crippen molar-refractivity contribution in [1.29, 1.82) is 0 Å². The van der Waals surface area contributed by atoms with E-state index in [2.05, 4.69) is 4.90 Å². The number of benzene rings is 2. The van der Waals surface area contributed by atoms with Gasteiger partial charge in [-0.15, -0.1) is 0 Å². The summed E-state index contributed by atoms with van der Waals surface area (Å²) in [6.07, 6.45) is 2.97. The molecule has 5 aliphatic rings. The summed E-state index contributed by atoms with van der Waals surface area (Å²) in [6.45, 7) is 1.86. The molecular formula is C28H28N4O4. The fraction of sp³-hybridized carbons (Fsp3) is 0.429. The Morgan fingerprint density at radius 1 is 0.889 bits per heavy atom. The number of hydrogen-bond donors (Lipinski definition) is 0. The lowest BCUT2D eigenvalue weighted by Crippen LogP contribution is -2.62. The van der Waals surface area contributed by atoms with Gasteiger partial charge in [0.2, 0.25) is 11.8 Å². The Morgan fingerprint density at radius 2 is 1.67 bits per heavy atom. The smallest absolute Gasteiger partial charge is 0.260 e. The minimum atomic E-state index is -0.629. The van der Waals surface area contributed by atoms with Crippen molar-refractivity contribution in [2.24, 2.45) is 11.8 Å². The number of amides is 4. The van der Waals surface area contributed by atoms with E-state index in [1.165, 1.54) is 0 Å². The molecule has 0 N–H and O–H groups in total. The third-order valence-corrected chi connectivity index (χ3v) is 8.72. The SMILES string of the molecule is O=C(CN1C(=O)c2ccccc2N2C(=O)c3ccccc3[C@@H]12)N1C[C@H]2C[C@@H](C1)[C@@H]1CCCC(=O)N1C2. The third-order valence-electron chi connectivity index (χ3n) is 8.72. The number of para-hydroxylation sites is 1. The monoisotopic (exact) mass is 484 g/mol. The van der Waals surface area contributed by atoms with Crippen LogP contribution in [0.3, 0.4) is 0 Å². The van der Waals surface area contributed by atoms with Crippen molar-refractivity contribution in [3.05, 3.63) is 65.2 Å². The van der Waals surface area contributed by atoms with Gasteiger partial charge < -0.3 is 14.7 Å². The maximum absolute atomic E-state index is 13.7. The minimum absolute atomic E-state index is 0.0807. The largest absolute Gasteiger partial charge is 0.340 e. The predicted octanol–water partition coefficient (Wildman–Crippen LogP) is 2.66. The highest BCUT2D eigenvalue weighted by molar-refractivity contribution is 6.17. The zero-order valence-corrected chi connectivity index (χ0v) is 20.0. The van der Waals surface area contributed by atoms with Crippen LogP contribution in [0.4, 0.5) is 5.69 Å². The van der Waals surface area contributed by atoms with E-state index in [9.17, 15) is 19.2 Å². The molecule has 3 saturated heterocycles.